The van der Waals surface area contributed by atoms with Crippen LogP contribution in [0.3, 0.4) is 0 Å². The number of imidazole rings is 1. The molecular weight excluding hydrogens is 492 g/mol. The summed E-state index contributed by atoms with van der Waals surface area (Å²) in [6.07, 6.45) is 5.47. The number of aromatic nitrogens is 2. The van der Waals surface area contributed by atoms with Crippen LogP contribution < -0.4 is 16.4 Å². The number of amides is 3. The van der Waals surface area contributed by atoms with Gasteiger partial charge in [0.05, 0.1) is 11.9 Å². The fraction of sp³-hybridized carbons (Fsp3) is 0.400. The summed E-state index contributed by atoms with van der Waals surface area (Å²) in [5.74, 6) is 0.0422. The van der Waals surface area contributed by atoms with E-state index >= 15 is 0 Å². The molecule has 0 aliphatic carbocycles. The van der Waals surface area contributed by atoms with E-state index < -0.39 is 29.4 Å². The summed E-state index contributed by atoms with van der Waals surface area (Å²) in [7, 11) is 0. The van der Waals surface area contributed by atoms with Gasteiger partial charge >= 0.3 is 0 Å². The van der Waals surface area contributed by atoms with Crippen LogP contribution in [0.25, 0.3) is 0 Å². The van der Waals surface area contributed by atoms with Crippen molar-refractivity contribution in [3.63, 3.8) is 0 Å². The number of hydrogen-bond acceptors (Lipinski definition) is 5. The van der Waals surface area contributed by atoms with Crippen LogP contribution >= 0.6 is 0 Å². The average Bonchev–Trinajstić information content (AvgIpc) is 3.37. The van der Waals surface area contributed by atoms with Gasteiger partial charge < -0.3 is 25.8 Å². The molecule has 2 aromatic carbocycles. The molecule has 9 nitrogen and oxygen atoms in total. The summed E-state index contributed by atoms with van der Waals surface area (Å²) in [5, 5.41) is 5.59. The molecule has 1 fully saturated rings. The number of nitrogens with two attached hydrogens (primary N) is 1. The molecule has 0 bridgehead atoms. The van der Waals surface area contributed by atoms with Gasteiger partial charge in [-0.3, -0.25) is 14.4 Å². The molecule has 1 aromatic heterocycles. The maximum atomic E-state index is 13.7. The maximum absolute atomic E-state index is 13.7. The molecule has 2 atom stereocenters. The minimum atomic E-state index is -1.15. The predicted octanol–water partition coefficient (Wildman–Crippen LogP) is 3.13. The second kappa shape index (κ2) is 12.3. The van der Waals surface area contributed by atoms with E-state index in [9.17, 15) is 14.4 Å². The summed E-state index contributed by atoms with van der Waals surface area (Å²) in [4.78, 5) is 46.0. The lowest BCUT2D eigenvalue weighted by Crippen LogP contribution is -2.55. The zero-order chi connectivity index (χ0) is 28.0. The van der Waals surface area contributed by atoms with Crippen molar-refractivity contribution in [1.29, 1.82) is 0 Å². The summed E-state index contributed by atoms with van der Waals surface area (Å²) in [5.41, 5.74) is 6.56. The molecule has 2 heterocycles. The second-order valence-electron chi connectivity index (χ2n) is 11.0. The minimum Gasteiger partial charge on any atom is -0.342 e. The van der Waals surface area contributed by atoms with Crippen LogP contribution in [0.2, 0.25) is 0 Å². The van der Waals surface area contributed by atoms with Crippen LogP contribution in [0.5, 0.6) is 0 Å². The number of anilines is 1. The molecule has 39 heavy (non-hydrogen) atoms. The van der Waals surface area contributed by atoms with Crippen LogP contribution in [-0.4, -0.2) is 56.8 Å². The third-order valence-corrected chi connectivity index (χ3v) is 7.09. The Labute approximate surface area is 229 Å². The predicted molar refractivity (Wildman–Crippen MR) is 151 cm³/mol. The molecule has 0 spiro atoms. The zero-order valence-electron chi connectivity index (χ0n) is 22.8. The summed E-state index contributed by atoms with van der Waals surface area (Å²) in [6.45, 7) is 6.83. The number of carbonyl (C=O) groups is 3. The van der Waals surface area contributed by atoms with Crippen molar-refractivity contribution in [2.24, 2.45) is 11.7 Å². The van der Waals surface area contributed by atoms with Crippen molar-refractivity contribution in [2.45, 2.75) is 57.7 Å². The summed E-state index contributed by atoms with van der Waals surface area (Å²) >= 11 is 0. The molecular formula is C30H38N6O3. The highest BCUT2D eigenvalue weighted by Crippen LogP contribution is 2.26. The van der Waals surface area contributed by atoms with Gasteiger partial charge in [0, 0.05) is 25.7 Å². The van der Waals surface area contributed by atoms with Gasteiger partial charge in [0.1, 0.15) is 12.1 Å². The van der Waals surface area contributed by atoms with Gasteiger partial charge in [-0.15, -0.1) is 0 Å². The summed E-state index contributed by atoms with van der Waals surface area (Å²) < 4.78 is 1.74. The van der Waals surface area contributed by atoms with E-state index in [4.69, 9.17) is 5.73 Å². The van der Waals surface area contributed by atoms with Crippen molar-refractivity contribution in [3.05, 3.63) is 84.3 Å². The molecule has 1 aliphatic rings. The van der Waals surface area contributed by atoms with Crippen molar-refractivity contribution in [1.82, 2.24) is 19.8 Å². The molecule has 3 amide bonds. The number of nitrogens with one attached hydrogen (secondary N) is 2. The number of carbonyl (C=O) groups excluding carboxylic acids is 3. The van der Waals surface area contributed by atoms with Gasteiger partial charge in [0.2, 0.25) is 17.7 Å². The Kier molecular flexibility index (Phi) is 8.81. The van der Waals surface area contributed by atoms with Crippen LogP contribution in [0.1, 0.15) is 50.8 Å². The fourth-order valence-corrected chi connectivity index (χ4v) is 4.64. The Hall–Kier alpha value is -3.98. The molecule has 4 N–H and O–H groups in total. The third-order valence-electron chi connectivity index (χ3n) is 7.09. The first-order chi connectivity index (χ1) is 18.6. The van der Waals surface area contributed by atoms with Crippen LogP contribution in [0.15, 0.2) is 73.2 Å². The van der Waals surface area contributed by atoms with Gasteiger partial charge in [-0.1, -0.05) is 67.6 Å². The van der Waals surface area contributed by atoms with Crippen LogP contribution in [0.4, 0.5) is 5.82 Å². The molecule has 206 valence electrons. The number of hydrogen-bond donors (Lipinski definition) is 3. The van der Waals surface area contributed by atoms with E-state index in [1.807, 2.05) is 65.6 Å². The number of piperidine rings is 1. The van der Waals surface area contributed by atoms with Crippen molar-refractivity contribution < 1.29 is 14.4 Å². The van der Waals surface area contributed by atoms with E-state index in [0.29, 0.717) is 11.7 Å². The lowest BCUT2D eigenvalue weighted by molar-refractivity contribution is -0.135. The van der Waals surface area contributed by atoms with E-state index in [1.165, 1.54) is 0 Å². The first-order valence-electron chi connectivity index (χ1n) is 13.4. The minimum absolute atomic E-state index is 0.00257. The van der Waals surface area contributed by atoms with Crippen LogP contribution in [0, 0.1) is 5.92 Å². The normalized spacial score (nSPS) is 15.8. The highest BCUT2D eigenvalue weighted by atomic mass is 16.2. The number of nitrogens with zero attached hydrogens (tertiary/aromatic N) is 3. The zero-order valence-corrected chi connectivity index (χ0v) is 22.8. The molecule has 0 radical (unpaired) electrons. The Bertz CT molecular complexity index is 1260. The quantitative estimate of drug-likeness (QED) is 0.392. The SMILES string of the molecule is CC1CCN(C(=O)C(c2ccccc2)n2cnc(NC(=O)C(Cc3ccccc3)NC(=O)C(C)(C)N)c2)CC1. The van der Waals surface area contributed by atoms with Gasteiger partial charge in [-0.25, -0.2) is 4.98 Å². The van der Waals surface area contributed by atoms with Crippen molar-refractivity contribution >= 4 is 23.5 Å². The van der Waals surface area contributed by atoms with E-state index in [0.717, 1.165) is 37.1 Å². The number of benzene rings is 2. The number of likely N-dealkylation sites (tertiary alicyclic amines) is 1. The Morgan fingerprint density at radius 3 is 2.26 bits per heavy atom. The molecule has 4 rings (SSSR count). The Balaban J connectivity index is 1.55. The number of rotatable bonds is 9. The van der Waals surface area contributed by atoms with Crippen molar-refractivity contribution in [3.8, 4) is 0 Å². The van der Waals surface area contributed by atoms with Crippen LogP contribution in [-0.2, 0) is 20.8 Å². The largest absolute Gasteiger partial charge is 0.342 e. The maximum Gasteiger partial charge on any atom is 0.250 e. The Morgan fingerprint density at radius 1 is 1.03 bits per heavy atom. The molecule has 2 unspecified atom stereocenters. The van der Waals surface area contributed by atoms with Gasteiger partial charge in [-0.05, 0) is 43.7 Å². The average molecular weight is 531 g/mol. The Morgan fingerprint density at radius 2 is 1.64 bits per heavy atom. The topological polar surface area (TPSA) is 122 Å². The van der Waals surface area contributed by atoms with Gasteiger partial charge in [0.15, 0.2) is 5.82 Å². The third kappa shape index (κ3) is 7.32. The van der Waals surface area contributed by atoms with E-state index in [2.05, 4.69) is 22.5 Å². The molecule has 3 aromatic rings. The highest BCUT2D eigenvalue weighted by Gasteiger charge is 2.31. The molecule has 0 saturated carbocycles. The lowest BCUT2D eigenvalue weighted by Gasteiger charge is -2.33. The smallest absolute Gasteiger partial charge is 0.250 e. The monoisotopic (exact) mass is 530 g/mol. The lowest BCUT2D eigenvalue weighted by atomic mass is 9.97. The molecule has 9 heteroatoms. The first kappa shape index (κ1) is 28.0. The molecule has 1 aliphatic heterocycles. The van der Waals surface area contributed by atoms with Gasteiger partial charge in [-0.2, -0.15) is 0 Å². The summed E-state index contributed by atoms with van der Waals surface area (Å²) in [6, 6.07) is 17.5. The second-order valence-corrected chi connectivity index (χ2v) is 11.0. The van der Waals surface area contributed by atoms with Crippen molar-refractivity contribution in [2.75, 3.05) is 18.4 Å². The fourth-order valence-electron chi connectivity index (χ4n) is 4.64. The van der Waals surface area contributed by atoms with E-state index in [1.54, 1.807) is 30.9 Å². The highest BCUT2D eigenvalue weighted by molar-refractivity contribution is 5.98. The first-order valence-corrected chi connectivity index (χ1v) is 13.4. The van der Waals surface area contributed by atoms with E-state index in [-0.39, 0.29) is 12.3 Å². The van der Waals surface area contributed by atoms with Gasteiger partial charge in [0.25, 0.3) is 0 Å². The standard InChI is InChI=1S/C30H38N6O3/c1-21-14-16-35(17-15-21)28(38)26(23-12-8-5-9-13-23)36-19-25(32-20-36)34-27(37)24(33-29(39)30(2,3)31)18-22-10-6-4-7-11-22/h4-13,19-21,24,26H,14-18,31H2,1-3H3,(H,33,39)(H,34,37). The molecule has 1 saturated heterocycles.